The minimum Gasteiger partial charge on any atom is -0.394 e. The summed E-state index contributed by atoms with van der Waals surface area (Å²) in [5.74, 6) is -4.05. The number of halogens is 3. The number of aliphatic hydroxyl groups excluding tert-OH is 1. The van der Waals surface area contributed by atoms with E-state index in [9.17, 15) is 9.50 Å². The number of benzene rings is 1. The fourth-order valence-corrected chi connectivity index (χ4v) is 4.90. The van der Waals surface area contributed by atoms with Crippen molar-refractivity contribution in [2.45, 2.75) is 38.9 Å². The van der Waals surface area contributed by atoms with Crippen LogP contribution in [-0.4, -0.2) is 50.8 Å². The van der Waals surface area contributed by atoms with Crippen LogP contribution in [0.15, 0.2) is 55.0 Å². The summed E-state index contributed by atoms with van der Waals surface area (Å²) in [6, 6.07) is 7.96. The lowest BCUT2D eigenvalue weighted by Crippen LogP contribution is -2.28. The van der Waals surface area contributed by atoms with Crippen LogP contribution in [0, 0.1) is 12.7 Å². The molecule has 0 unspecified atom stereocenters. The molecule has 0 saturated heterocycles. The molecule has 0 bridgehead atoms. The van der Waals surface area contributed by atoms with Crippen molar-refractivity contribution in [2.24, 2.45) is 0 Å². The number of fused-ring (bicyclic) bond motifs is 3. The topological polar surface area (TPSA) is 112 Å². The summed E-state index contributed by atoms with van der Waals surface area (Å²) in [4.78, 5) is 9.05. The maximum atomic E-state index is 15.5. The van der Waals surface area contributed by atoms with Gasteiger partial charge >= 0.3 is 5.92 Å². The maximum Gasteiger partial charge on any atom is 0.334 e. The number of anilines is 2. The van der Waals surface area contributed by atoms with E-state index < -0.39 is 29.2 Å². The molecule has 39 heavy (non-hydrogen) atoms. The Kier molecular flexibility index (Phi) is 5.94. The zero-order valence-corrected chi connectivity index (χ0v) is 21.1. The largest absolute Gasteiger partial charge is 0.394 e. The SMILES string of the molecule is Cc1cnc(Nc2ccnn2CCO)nc1-c1cc2n(c1)C[C@H](C)n1c-2nnc1C(F)(F)c1ccccc1F. The highest BCUT2D eigenvalue weighted by molar-refractivity contribution is 5.71. The highest BCUT2D eigenvalue weighted by Crippen LogP contribution is 2.41. The van der Waals surface area contributed by atoms with E-state index in [1.54, 1.807) is 30.1 Å². The van der Waals surface area contributed by atoms with Gasteiger partial charge in [-0.05, 0) is 37.6 Å². The molecule has 5 aromatic rings. The van der Waals surface area contributed by atoms with E-state index in [1.807, 2.05) is 23.8 Å². The van der Waals surface area contributed by atoms with Gasteiger partial charge in [-0.1, -0.05) is 12.1 Å². The number of nitrogens with zero attached hydrogens (tertiary/aromatic N) is 8. The molecule has 1 aromatic carbocycles. The third-order valence-electron chi connectivity index (χ3n) is 6.73. The quantitative estimate of drug-likeness (QED) is 0.320. The Bertz CT molecular complexity index is 1670. The van der Waals surface area contributed by atoms with Crippen molar-refractivity contribution in [2.75, 3.05) is 11.9 Å². The number of rotatable bonds is 7. The van der Waals surface area contributed by atoms with Crippen LogP contribution in [0.25, 0.3) is 22.8 Å². The standard InChI is InChI=1S/C26H24F3N9O/c1-15-12-30-25(32-21-7-8-31-37(21)9-10-39)33-22(15)17-11-20-23-34-35-24(38(23)16(2)13-36(20)14-17)26(28,29)18-5-3-4-6-19(18)27/h3-8,11-12,14,16,39H,9-10,13H2,1-2H3,(H,30,32,33)/t16-/m0/s1. The van der Waals surface area contributed by atoms with Crippen molar-refractivity contribution in [1.82, 2.24) is 39.1 Å². The molecule has 0 saturated carbocycles. The number of aliphatic hydroxyl groups is 1. The van der Waals surface area contributed by atoms with Crippen LogP contribution in [0.2, 0.25) is 0 Å². The molecule has 0 radical (unpaired) electrons. The van der Waals surface area contributed by atoms with Gasteiger partial charge in [0.2, 0.25) is 11.8 Å². The van der Waals surface area contributed by atoms with Crippen LogP contribution in [0.3, 0.4) is 0 Å². The fourth-order valence-electron chi connectivity index (χ4n) is 4.90. The van der Waals surface area contributed by atoms with Gasteiger partial charge < -0.3 is 15.0 Å². The second-order valence-electron chi connectivity index (χ2n) is 9.40. The lowest BCUT2D eigenvalue weighted by Gasteiger charge is -2.27. The molecular formula is C26H24F3N9O. The highest BCUT2D eigenvalue weighted by atomic mass is 19.3. The monoisotopic (exact) mass is 535 g/mol. The van der Waals surface area contributed by atoms with Crippen molar-refractivity contribution in [3.05, 3.63) is 77.8 Å². The lowest BCUT2D eigenvalue weighted by atomic mass is 10.1. The number of aromatic nitrogens is 8. The Hall–Kier alpha value is -4.52. The van der Waals surface area contributed by atoms with Gasteiger partial charge in [0, 0.05) is 30.6 Å². The van der Waals surface area contributed by atoms with E-state index in [-0.39, 0.29) is 12.4 Å². The normalized spacial score (nSPS) is 14.8. The molecule has 1 aliphatic heterocycles. The van der Waals surface area contributed by atoms with Gasteiger partial charge in [-0.2, -0.15) is 13.9 Å². The van der Waals surface area contributed by atoms with Gasteiger partial charge in [0.05, 0.1) is 42.3 Å². The third-order valence-corrected chi connectivity index (χ3v) is 6.73. The van der Waals surface area contributed by atoms with Gasteiger partial charge in [-0.3, -0.25) is 4.57 Å². The van der Waals surface area contributed by atoms with E-state index in [4.69, 9.17) is 0 Å². The number of aryl methyl sites for hydroxylation is 1. The first-order chi connectivity index (χ1) is 18.8. The maximum absolute atomic E-state index is 15.5. The van der Waals surface area contributed by atoms with Crippen LogP contribution < -0.4 is 5.32 Å². The second-order valence-corrected chi connectivity index (χ2v) is 9.40. The smallest absolute Gasteiger partial charge is 0.334 e. The zero-order valence-electron chi connectivity index (χ0n) is 21.1. The number of hydrogen-bond donors (Lipinski definition) is 2. The minimum absolute atomic E-state index is 0.0658. The van der Waals surface area contributed by atoms with Crippen molar-refractivity contribution >= 4 is 11.8 Å². The molecular weight excluding hydrogens is 511 g/mol. The van der Waals surface area contributed by atoms with Gasteiger partial charge in [-0.25, -0.2) is 19.0 Å². The third kappa shape index (κ3) is 4.14. The molecule has 0 aliphatic carbocycles. The first-order valence-corrected chi connectivity index (χ1v) is 12.3. The molecule has 1 aliphatic rings. The summed E-state index contributed by atoms with van der Waals surface area (Å²) in [6.07, 6.45) is 5.19. The van der Waals surface area contributed by atoms with Crippen molar-refractivity contribution in [1.29, 1.82) is 0 Å². The molecule has 4 aromatic heterocycles. The van der Waals surface area contributed by atoms with E-state index in [0.29, 0.717) is 36.2 Å². The van der Waals surface area contributed by atoms with Crippen LogP contribution in [0.1, 0.15) is 29.9 Å². The summed E-state index contributed by atoms with van der Waals surface area (Å²) in [6.45, 7) is 4.31. The van der Waals surface area contributed by atoms with Gasteiger partial charge in [0.15, 0.2) is 5.82 Å². The average Bonchev–Trinajstić information content (AvgIpc) is 3.64. The van der Waals surface area contributed by atoms with Gasteiger partial charge in [0.25, 0.3) is 0 Å². The Balaban J connectivity index is 1.37. The van der Waals surface area contributed by atoms with Crippen molar-refractivity contribution in [3.8, 4) is 22.8 Å². The second kappa shape index (κ2) is 9.34. The first kappa shape index (κ1) is 24.8. The molecule has 6 rings (SSSR count). The van der Waals surface area contributed by atoms with Crippen molar-refractivity contribution in [3.63, 3.8) is 0 Å². The lowest BCUT2D eigenvalue weighted by molar-refractivity contribution is 0.0231. The minimum atomic E-state index is -3.67. The number of alkyl halides is 2. The molecule has 5 heterocycles. The summed E-state index contributed by atoms with van der Waals surface area (Å²) in [7, 11) is 0. The molecule has 0 fully saturated rings. The molecule has 2 N–H and O–H groups in total. The Morgan fingerprint density at radius 2 is 2.00 bits per heavy atom. The molecule has 1 atom stereocenters. The van der Waals surface area contributed by atoms with Crippen LogP contribution in [0.5, 0.6) is 0 Å². The Labute approximate surface area is 220 Å². The summed E-state index contributed by atoms with van der Waals surface area (Å²) in [5.41, 5.74) is 2.07. The van der Waals surface area contributed by atoms with E-state index in [1.165, 1.54) is 16.7 Å². The molecule has 0 spiro atoms. The Morgan fingerprint density at radius 1 is 1.18 bits per heavy atom. The number of nitrogens with one attached hydrogen (secondary N) is 1. The summed E-state index contributed by atoms with van der Waals surface area (Å²) in [5, 5.41) is 24.5. The summed E-state index contributed by atoms with van der Waals surface area (Å²) >= 11 is 0. The average molecular weight is 536 g/mol. The molecule has 13 heteroatoms. The van der Waals surface area contributed by atoms with Crippen molar-refractivity contribution < 1.29 is 18.3 Å². The van der Waals surface area contributed by atoms with Gasteiger partial charge in [-0.15, -0.1) is 10.2 Å². The Morgan fingerprint density at radius 3 is 2.79 bits per heavy atom. The predicted octanol–water partition coefficient (Wildman–Crippen LogP) is 4.30. The van der Waals surface area contributed by atoms with E-state index in [0.717, 1.165) is 23.3 Å². The summed E-state index contributed by atoms with van der Waals surface area (Å²) < 4.78 is 50.2. The van der Waals surface area contributed by atoms with E-state index >= 15 is 8.78 Å². The van der Waals surface area contributed by atoms with Crippen LogP contribution in [-0.2, 0) is 19.0 Å². The van der Waals surface area contributed by atoms with E-state index in [2.05, 4.69) is 30.6 Å². The van der Waals surface area contributed by atoms with Crippen LogP contribution in [0.4, 0.5) is 24.9 Å². The predicted molar refractivity (Wildman–Crippen MR) is 136 cm³/mol. The molecule has 200 valence electrons. The molecule has 0 amide bonds. The van der Waals surface area contributed by atoms with Crippen LogP contribution >= 0.6 is 0 Å². The number of hydrogen-bond acceptors (Lipinski definition) is 7. The zero-order chi connectivity index (χ0) is 27.3. The first-order valence-electron chi connectivity index (χ1n) is 12.3. The van der Waals surface area contributed by atoms with Gasteiger partial charge in [0.1, 0.15) is 11.6 Å². The fraction of sp³-hybridized carbons (Fsp3) is 0.269. The highest BCUT2D eigenvalue weighted by Gasteiger charge is 2.44. The molecule has 10 nitrogen and oxygen atoms in total.